The molecule has 30 heavy (non-hydrogen) atoms. The largest absolute Gasteiger partial charge is 0.493 e. The van der Waals surface area contributed by atoms with Crippen LogP contribution in [0.2, 0.25) is 5.02 Å². The number of ether oxygens (including phenoxy) is 2. The van der Waals surface area contributed by atoms with E-state index in [1.807, 2.05) is 42.5 Å². The van der Waals surface area contributed by atoms with E-state index in [2.05, 4.69) is 40.1 Å². The van der Waals surface area contributed by atoms with Crippen molar-refractivity contribution in [1.82, 2.24) is 4.90 Å². The molecule has 1 aliphatic rings. The van der Waals surface area contributed by atoms with Crippen molar-refractivity contribution in [3.63, 3.8) is 0 Å². The first-order valence-electron chi connectivity index (χ1n) is 10.3. The molecule has 0 unspecified atom stereocenters. The SMILES string of the molecule is COc1cc(CN2CCN(c3cccc(Cl)c3)CC2)ccc1OCc1ccccc1. The van der Waals surface area contributed by atoms with Crippen molar-refractivity contribution in [2.45, 2.75) is 13.2 Å². The number of anilines is 1. The fourth-order valence-electron chi connectivity index (χ4n) is 3.76. The van der Waals surface area contributed by atoms with Crippen molar-refractivity contribution in [1.29, 1.82) is 0 Å². The Morgan fingerprint density at radius 2 is 1.60 bits per heavy atom. The molecule has 0 amide bonds. The minimum Gasteiger partial charge on any atom is -0.493 e. The molecule has 1 aliphatic heterocycles. The Bertz CT molecular complexity index is 956. The van der Waals surface area contributed by atoms with E-state index in [9.17, 15) is 0 Å². The van der Waals surface area contributed by atoms with Gasteiger partial charge in [0.25, 0.3) is 0 Å². The van der Waals surface area contributed by atoms with Crippen molar-refractivity contribution < 1.29 is 9.47 Å². The summed E-state index contributed by atoms with van der Waals surface area (Å²) in [7, 11) is 1.69. The maximum Gasteiger partial charge on any atom is 0.161 e. The number of halogens is 1. The maximum absolute atomic E-state index is 6.14. The number of hydrogen-bond donors (Lipinski definition) is 0. The zero-order valence-electron chi connectivity index (χ0n) is 17.3. The van der Waals surface area contributed by atoms with Gasteiger partial charge < -0.3 is 14.4 Å². The van der Waals surface area contributed by atoms with Crippen LogP contribution in [-0.4, -0.2) is 38.2 Å². The van der Waals surface area contributed by atoms with Crippen LogP contribution in [0.1, 0.15) is 11.1 Å². The summed E-state index contributed by atoms with van der Waals surface area (Å²) in [5.74, 6) is 1.55. The summed E-state index contributed by atoms with van der Waals surface area (Å²) >= 11 is 6.14. The highest BCUT2D eigenvalue weighted by molar-refractivity contribution is 6.30. The zero-order chi connectivity index (χ0) is 20.8. The normalized spacial score (nSPS) is 14.5. The summed E-state index contributed by atoms with van der Waals surface area (Å²) in [4.78, 5) is 4.86. The van der Waals surface area contributed by atoms with Gasteiger partial charge in [-0.25, -0.2) is 0 Å². The predicted octanol–water partition coefficient (Wildman–Crippen LogP) is 5.25. The minimum absolute atomic E-state index is 0.530. The molecule has 0 bridgehead atoms. The molecule has 4 rings (SSSR count). The second-order valence-electron chi connectivity index (χ2n) is 7.50. The highest BCUT2D eigenvalue weighted by Gasteiger charge is 2.18. The highest BCUT2D eigenvalue weighted by Crippen LogP contribution is 2.30. The molecular weight excluding hydrogens is 396 g/mol. The van der Waals surface area contributed by atoms with E-state index < -0.39 is 0 Å². The average molecular weight is 423 g/mol. The van der Waals surface area contributed by atoms with Gasteiger partial charge in [0.15, 0.2) is 11.5 Å². The van der Waals surface area contributed by atoms with Gasteiger partial charge in [0.1, 0.15) is 6.61 Å². The Kier molecular flexibility index (Phi) is 6.77. The number of nitrogens with zero attached hydrogens (tertiary/aromatic N) is 2. The van der Waals surface area contributed by atoms with E-state index in [-0.39, 0.29) is 0 Å². The van der Waals surface area contributed by atoms with Crippen molar-refractivity contribution in [2.24, 2.45) is 0 Å². The highest BCUT2D eigenvalue weighted by atomic mass is 35.5. The molecule has 156 valence electrons. The Hall–Kier alpha value is -2.69. The van der Waals surface area contributed by atoms with E-state index in [1.54, 1.807) is 7.11 Å². The molecule has 0 atom stereocenters. The summed E-state index contributed by atoms with van der Waals surface area (Å²) in [5.41, 5.74) is 3.57. The van der Waals surface area contributed by atoms with Crippen molar-refractivity contribution in [2.75, 3.05) is 38.2 Å². The van der Waals surface area contributed by atoms with Gasteiger partial charge in [-0.2, -0.15) is 0 Å². The van der Waals surface area contributed by atoms with Gasteiger partial charge in [0, 0.05) is 43.4 Å². The third-order valence-electron chi connectivity index (χ3n) is 5.42. The number of methoxy groups -OCH3 is 1. The lowest BCUT2D eigenvalue weighted by atomic mass is 10.1. The Balaban J connectivity index is 1.33. The fourth-order valence-corrected chi connectivity index (χ4v) is 3.94. The van der Waals surface area contributed by atoms with Crippen LogP contribution in [0, 0.1) is 0 Å². The standard InChI is InChI=1S/C25H27ClN2O2/c1-29-25-16-21(10-11-24(25)30-19-20-6-3-2-4-7-20)18-27-12-14-28(15-13-27)23-9-5-8-22(26)17-23/h2-11,16-17H,12-15,18-19H2,1H3. The van der Waals surface area contributed by atoms with Gasteiger partial charge >= 0.3 is 0 Å². The lowest BCUT2D eigenvalue weighted by molar-refractivity contribution is 0.248. The molecule has 0 aromatic heterocycles. The van der Waals surface area contributed by atoms with Crippen LogP contribution in [-0.2, 0) is 13.2 Å². The van der Waals surface area contributed by atoms with E-state index in [0.29, 0.717) is 6.61 Å². The first-order chi connectivity index (χ1) is 14.7. The third kappa shape index (κ3) is 5.26. The topological polar surface area (TPSA) is 24.9 Å². The Morgan fingerprint density at radius 3 is 2.33 bits per heavy atom. The summed E-state index contributed by atoms with van der Waals surface area (Å²) in [5, 5.41) is 0.789. The molecule has 3 aromatic carbocycles. The van der Waals surface area contributed by atoms with Gasteiger partial charge in [0.2, 0.25) is 0 Å². The molecule has 4 nitrogen and oxygen atoms in total. The average Bonchev–Trinajstić information content (AvgIpc) is 2.79. The van der Waals surface area contributed by atoms with Crippen LogP contribution in [0.3, 0.4) is 0 Å². The molecule has 0 saturated carbocycles. The zero-order valence-corrected chi connectivity index (χ0v) is 18.0. The second-order valence-corrected chi connectivity index (χ2v) is 7.94. The third-order valence-corrected chi connectivity index (χ3v) is 5.65. The summed E-state index contributed by atoms with van der Waals surface area (Å²) in [6.07, 6.45) is 0. The monoisotopic (exact) mass is 422 g/mol. The Morgan fingerprint density at radius 1 is 0.800 bits per heavy atom. The van der Waals surface area contributed by atoms with Crippen LogP contribution in [0.15, 0.2) is 72.8 Å². The molecule has 0 radical (unpaired) electrons. The van der Waals surface area contributed by atoms with Crippen LogP contribution in [0.25, 0.3) is 0 Å². The van der Waals surface area contributed by atoms with Gasteiger partial charge in [-0.1, -0.05) is 54.1 Å². The lowest BCUT2D eigenvalue weighted by Crippen LogP contribution is -2.45. The van der Waals surface area contributed by atoms with Gasteiger partial charge in [-0.05, 0) is 41.5 Å². The van der Waals surface area contributed by atoms with Crippen LogP contribution in [0.5, 0.6) is 11.5 Å². The molecule has 0 aliphatic carbocycles. The lowest BCUT2D eigenvalue weighted by Gasteiger charge is -2.36. The van der Waals surface area contributed by atoms with Crippen molar-refractivity contribution in [3.8, 4) is 11.5 Å². The van der Waals surface area contributed by atoms with Crippen LogP contribution < -0.4 is 14.4 Å². The smallest absolute Gasteiger partial charge is 0.161 e. The molecule has 1 heterocycles. The van der Waals surface area contributed by atoms with Gasteiger partial charge in [-0.3, -0.25) is 4.90 Å². The summed E-state index contributed by atoms with van der Waals surface area (Å²) in [6.45, 7) is 5.45. The van der Waals surface area contributed by atoms with Crippen LogP contribution in [0.4, 0.5) is 5.69 Å². The molecule has 3 aromatic rings. The van der Waals surface area contributed by atoms with E-state index >= 15 is 0 Å². The minimum atomic E-state index is 0.530. The van der Waals surface area contributed by atoms with Crippen molar-refractivity contribution >= 4 is 17.3 Å². The number of hydrogen-bond acceptors (Lipinski definition) is 4. The molecule has 5 heteroatoms. The maximum atomic E-state index is 6.14. The first kappa shape index (κ1) is 20.6. The molecular formula is C25H27ClN2O2. The van der Waals surface area contributed by atoms with E-state index in [1.165, 1.54) is 11.3 Å². The van der Waals surface area contributed by atoms with Crippen LogP contribution >= 0.6 is 11.6 Å². The first-order valence-corrected chi connectivity index (χ1v) is 10.7. The predicted molar refractivity (Wildman–Crippen MR) is 123 cm³/mol. The molecule has 0 N–H and O–H groups in total. The number of rotatable bonds is 7. The molecule has 1 saturated heterocycles. The van der Waals surface area contributed by atoms with E-state index in [0.717, 1.165) is 54.8 Å². The van der Waals surface area contributed by atoms with Crippen molar-refractivity contribution in [3.05, 3.63) is 88.9 Å². The fraction of sp³-hybridized carbons (Fsp3) is 0.280. The van der Waals surface area contributed by atoms with Gasteiger partial charge in [0.05, 0.1) is 7.11 Å². The number of benzene rings is 3. The molecule has 1 fully saturated rings. The molecule has 0 spiro atoms. The van der Waals surface area contributed by atoms with E-state index in [4.69, 9.17) is 21.1 Å². The summed E-state index contributed by atoms with van der Waals surface area (Å²) in [6, 6.07) is 24.5. The number of piperazine rings is 1. The quantitative estimate of drug-likeness (QED) is 0.519. The Labute approximate surface area is 183 Å². The second kappa shape index (κ2) is 9.88. The summed E-state index contributed by atoms with van der Waals surface area (Å²) < 4.78 is 11.6. The van der Waals surface area contributed by atoms with Gasteiger partial charge in [-0.15, -0.1) is 0 Å².